The summed E-state index contributed by atoms with van der Waals surface area (Å²) in [5, 5.41) is 8.70. The number of carboxylic acid groups (broad SMARTS) is 1. The SMILES string of the molecule is C=CC(=O)Oc1ccc(C(=O)O)cc1C. The van der Waals surface area contributed by atoms with Gasteiger partial charge in [0, 0.05) is 6.08 Å². The molecular weight excluding hydrogens is 196 g/mol. The largest absolute Gasteiger partial charge is 0.478 e. The highest BCUT2D eigenvalue weighted by atomic mass is 16.5. The monoisotopic (exact) mass is 206 g/mol. The van der Waals surface area contributed by atoms with Crippen molar-refractivity contribution in [1.82, 2.24) is 0 Å². The second-order valence-electron chi connectivity index (χ2n) is 2.91. The van der Waals surface area contributed by atoms with Crippen LogP contribution in [0.15, 0.2) is 30.9 Å². The van der Waals surface area contributed by atoms with Crippen LogP contribution in [0.2, 0.25) is 0 Å². The van der Waals surface area contributed by atoms with Crippen LogP contribution < -0.4 is 4.74 Å². The van der Waals surface area contributed by atoms with Crippen molar-refractivity contribution in [1.29, 1.82) is 0 Å². The van der Waals surface area contributed by atoms with Crippen molar-refractivity contribution in [2.24, 2.45) is 0 Å². The lowest BCUT2D eigenvalue weighted by Crippen LogP contribution is -2.05. The van der Waals surface area contributed by atoms with Gasteiger partial charge in [0.15, 0.2) is 0 Å². The van der Waals surface area contributed by atoms with E-state index >= 15 is 0 Å². The Hall–Kier alpha value is -2.10. The standard InChI is InChI=1S/C11H10O4/c1-3-10(12)15-9-5-4-8(11(13)14)6-7(9)2/h3-6H,1H2,2H3,(H,13,14). The van der Waals surface area contributed by atoms with E-state index in [1.165, 1.54) is 18.2 Å². The van der Waals surface area contributed by atoms with Gasteiger partial charge in [0.25, 0.3) is 0 Å². The third kappa shape index (κ3) is 2.67. The van der Waals surface area contributed by atoms with Crippen LogP contribution in [0.25, 0.3) is 0 Å². The Balaban J connectivity index is 2.98. The maximum atomic E-state index is 10.9. The summed E-state index contributed by atoms with van der Waals surface area (Å²) >= 11 is 0. The molecular formula is C11H10O4. The molecule has 0 saturated heterocycles. The third-order valence-electron chi connectivity index (χ3n) is 1.80. The van der Waals surface area contributed by atoms with Gasteiger partial charge in [0.1, 0.15) is 5.75 Å². The molecule has 0 fully saturated rings. The number of esters is 1. The Morgan fingerprint density at radius 1 is 1.47 bits per heavy atom. The first kappa shape index (κ1) is 11.0. The summed E-state index contributed by atoms with van der Waals surface area (Å²) < 4.78 is 4.88. The first-order valence-corrected chi connectivity index (χ1v) is 4.23. The van der Waals surface area contributed by atoms with Crippen LogP contribution in [0.1, 0.15) is 15.9 Å². The molecule has 1 N–H and O–H groups in total. The lowest BCUT2D eigenvalue weighted by Gasteiger charge is -2.05. The van der Waals surface area contributed by atoms with E-state index in [4.69, 9.17) is 9.84 Å². The highest BCUT2D eigenvalue weighted by Crippen LogP contribution is 2.19. The molecule has 0 aliphatic carbocycles. The first-order valence-electron chi connectivity index (χ1n) is 4.23. The number of ether oxygens (including phenoxy) is 1. The molecule has 1 rings (SSSR count). The zero-order valence-corrected chi connectivity index (χ0v) is 8.19. The molecule has 0 atom stereocenters. The minimum absolute atomic E-state index is 0.158. The highest BCUT2D eigenvalue weighted by molar-refractivity contribution is 5.88. The summed E-state index contributed by atoms with van der Waals surface area (Å²) in [4.78, 5) is 21.5. The number of aromatic carboxylic acids is 1. The second kappa shape index (κ2) is 4.41. The summed E-state index contributed by atoms with van der Waals surface area (Å²) in [5.41, 5.74) is 0.746. The Bertz CT molecular complexity index is 421. The van der Waals surface area contributed by atoms with E-state index in [0.29, 0.717) is 11.3 Å². The molecule has 1 aromatic rings. The molecule has 0 aliphatic rings. The van der Waals surface area contributed by atoms with E-state index in [1.807, 2.05) is 0 Å². The van der Waals surface area contributed by atoms with Crippen molar-refractivity contribution in [2.75, 3.05) is 0 Å². The Morgan fingerprint density at radius 3 is 2.60 bits per heavy atom. The van der Waals surface area contributed by atoms with Gasteiger partial charge in [-0.1, -0.05) is 6.58 Å². The zero-order valence-electron chi connectivity index (χ0n) is 8.19. The quantitative estimate of drug-likeness (QED) is 0.465. The van der Waals surface area contributed by atoms with Crippen LogP contribution in [-0.2, 0) is 4.79 Å². The highest BCUT2D eigenvalue weighted by Gasteiger charge is 2.08. The summed E-state index contributed by atoms with van der Waals surface area (Å²) in [6.45, 7) is 4.93. The van der Waals surface area contributed by atoms with E-state index in [0.717, 1.165) is 6.08 Å². The number of carboxylic acids is 1. The van der Waals surface area contributed by atoms with Crippen LogP contribution >= 0.6 is 0 Å². The maximum Gasteiger partial charge on any atom is 0.335 e. The van der Waals surface area contributed by atoms with E-state index in [2.05, 4.69) is 6.58 Å². The van der Waals surface area contributed by atoms with Gasteiger partial charge >= 0.3 is 11.9 Å². The molecule has 0 bridgehead atoms. The van der Waals surface area contributed by atoms with E-state index in [1.54, 1.807) is 6.92 Å². The van der Waals surface area contributed by atoms with Gasteiger partial charge in [-0.15, -0.1) is 0 Å². The fourth-order valence-electron chi connectivity index (χ4n) is 1.05. The molecule has 4 heteroatoms. The van der Waals surface area contributed by atoms with E-state index < -0.39 is 11.9 Å². The number of rotatable bonds is 3. The molecule has 0 aromatic heterocycles. The van der Waals surface area contributed by atoms with Crippen molar-refractivity contribution in [3.8, 4) is 5.75 Å². The summed E-state index contributed by atoms with van der Waals surface area (Å²) in [6, 6.07) is 4.26. The number of hydrogen-bond acceptors (Lipinski definition) is 3. The van der Waals surface area contributed by atoms with Crippen molar-refractivity contribution < 1.29 is 19.4 Å². The van der Waals surface area contributed by atoms with Crippen LogP contribution in [0.5, 0.6) is 5.75 Å². The fraction of sp³-hybridized carbons (Fsp3) is 0.0909. The Labute approximate surface area is 86.8 Å². The molecule has 1 aromatic carbocycles. The Kier molecular flexibility index (Phi) is 3.23. The summed E-state index contributed by atoms with van der Waals surface area (Å²) in [5.74, 6) is -1.24. The van der Waals surface area contributed by atoms with Crippen LogP contribution in [0.4, 0.5) is 0 Å². The molecule has 0 saturated carbocycles. The van der Waals surface area contributed by atoms with Gasteiger partial charge in [-0.3, -0.25) is 0 Å². The predicted octanol–water partition coefficient (Wildman–Crippen LogP) is 1.78. The molecule has 15 heavy (non-hydrogen) atoms. The molecule has 4 nitrogen and oxygen atoms in total. The predicted molar refractivity (Wildman–Crippen MR) is 54.0 cm³/mol. The second-order valence-corrected chi connectivity index (χ2v) is 2.91. The number of carbonyl (C=O) groups is 2. The average Bonchev–Trinajstić information content (AvgIpc) is 2.20. The number of aryl methyl sites for hydroxylation is 1. The molecule has 0 heterocycles. The van der Waals surface area contributed by atoms with E-state index in [9.17, 15) is 9.59 Å². The van der Waals surface area contributed by atoms with Gasteiger partial charge < -0.3 is 9.84 Å². The number of hydrogen-bond donors (Lipinski definition) is 1. The number of carbonyl (C=O) groups excluding carboxylic acids is 1. The zero-order chi connectivity index (χ0) is 11.4. The van der Waals surface area contributed by atoms with Crippen molar-refractivity contribution >= 4 is 11.9 Å². The van der Waals surface area contributed by atoms with Crippen LogP contribution in [0, 0.1) is 6.92 Å². The third-order valence-corrected chi connectivity index (χ3v) is 1.80. The lowest BCUT2D eigenvalue weighted by atomic mass is 10.1. The van der Waals surface area contributed by atoms with Crippen LogP contribution in [-0.4, -0.2) is 17.0 Å². The molecule has 0 spiro atoms. The minimum atomic E-state index is -1.01. The molecule has 0 unspecified atom stereocenters. The van der Waals surface area contributed by atoms with Crippen molar-refractivity contribution in [2.45, 2.75) is 6.92 Å². The summed E-state index contributed by atoms with van der Waals surface area (Å²) in [6.07, 6.45) is 1.05. The molecule has 78 valence electrons. The minimum Gasteiger partial charge on any atom is -0.478 e. The van der Waals surface area contributed by atoms with Crippen molar-refractivity contribution in [3.05, 3.63) is 42.0 Å². The van der Waals surface area contributed by atoms with Crippen molar-refractivity contribution in [3.63, 3.8) is 0 Å². The first-order chi connectivity index (χ1) is 7.04. The van der Waals surface area contributed by atoms with Gasteiger partial charge in [0.05, 0.1) is 5.56 Å². The van der Waals surface area contributed by atoms with E-state index in [-0.39, 0.29) is 5.56 Å². The van der Waals surface area contributed by atoms with Gasteiger partial charge in [-0.05, 0) is 30.7 Å². The molecule has 0 radical (unpaired) electrons. The maximum absolute atomic E-state index is 10.9. The fourth-order valence-corrected chi connectivity index (χ4v) is 1.05. The van der Waals surface area contributed by atoms with Gasteiger partial charge in [0.2, 0.25) is 0 Å². The van der Waals surface area contributed by atoms with Gasteiger partial charge in [-0.25, -0.2) is 9.59 Å². The average molecular weight is 206 g/mol. The molecule has 0 aliphatic heterocycles. The van der Waals surface area contributed by atoms with Crippen LogP contribution in [0.3, 0.4) is 0 Å². The Morgan fingerprint density at radius 2 is 2.13 bits per heavy atom. The normalized spacial score (nSPS) is 9.40. The summed E-state index contributed by atoms with van der Waals surface area (Å²) in [7, 11) is 0. The van der Waals surface area contributed by atoms with Gasteiger partial charge in [-0.2, -0.15) is 0 Å². The lowest BCUT2D eigenvalue weighted by molar-refractivity contribution is -0.129. The number of benzene rings is 1. The smallest absolute Gasteiger partial charge is 0.335 e. The molecule has 0 amide bonds. The topological polar surface area (TPSA) is 63.6 Å².